The van der Waals surface area contributed by atoms with E-state index in [1.165, 1.54) is 11.8 Å². The summed E-state index contributed by atoms with van der Waals surface area (Å²) in [6.45, 7) is 2.09. The Labute approximate surface area is 167 Å². The predicted molar refractivity (Wildman–Crippen MR) is 110 cm³/mol. The van der Waals surface area contributed by atoms with Crippen LogP contribution in [0, 0.1) is 11.3 Å². The Hall–Kier alpha value is -3.37. The number of esters is 1. The molecular formula is C21H18N4O2S. The summed E-state index contributed by atoms with van der Waals surface area (Å²) in [7, 11) is 0. The Morgan fingerprint density at radius 1 is 1.14 bits per heavy atom. The molecule has 0 radical (unpaired) electrons. The fraction of sp³-hybridized carbons (Fsp3) is 0.143. The number of benzene rings is 2. The summed E-state index contributed by atoms with van der Waals surface area (Å²) >= 11 is 1.39. The average molecular weight is 390 g/mol. The topological polar surface area (TPSA) is 87.9 Å². The van der Waals surface area contributed by atoms with E-state index in [1.807, 2.05) is 36.6 Å². The Morgan fingerprint density at radius 2 is 1.86 bits per heavy atom. The van der Waals surface area contributed by atoms with E-state index >= 15 is 0 Å². The Morgan fingerprint density at radius 3 is 2.46 bits per heavy atom. The standard InChI is InChI=1S/C21H18N4O2S/c1-3-27-21(26)15-9-11-16(12-10-15)23-19-17(13-22)20(28-2)25-18(24-19)14-7-5-4-6-8-14/h4-12H,3H2,1-2H3,(H,23,24,25). The van der Waals surface area contributed by atoms with Gasteiger partial charge < -0.3 is 10.1 Å². The van der Waals surface area contributed by atoms with Crippen molar-refractivity contribution in [1.82, 2.24) is 9.97 Å². The molecule has 1 heterocycles. The van der Waals surface area contributed by atoms with E-state index < -0.39 is 0 Å². The monoisotopic (exact) mass is 390 g/mol. The van der Waals surface area contributed by atoms with Crippen molar-refractivity contribution in [2.45, 2.75) is 11.9 Å². The minimum Gasteiger partial charge on any atom is -0.462 e. The molecule has 0 saturated carbocycles. The van der Waals surface area contributed by atoms with E-state index in [0.29, 0.717) is 40.1 Å². The van der Waals surface area contributed by atoms with Crippen LogP contribution in [0.3, 0.4) is 0 Å². The number of carbonyl (C=O) groups excluding carboxylic acids is 1. The van der Waals surface area contributed by atoms with E-state index in [-0.39, 0.29) is 5.97 Å². The molecule has 2 aromatic carbocycles. The second-order valence-corrected chi connectivity index (χ2v) is 6.48. The van der Waals surface area contributed by atoms with Crippen molar-refractivity contribution in [1.29, 1.82) is 5.26 Å². The maximum Gasteiger partial charge on any atom is 0.338 e. The van der Waals surface area contributed by atoms with Gasteiger partial charge in [0.15, 0.2) is 11.6 Å². The van der Waals surface area contributed by atoms with Crippen LogP contribution < -0.4 is 5.32 Å². The summed E-state index contributed by atoms with van der Waals surface area (Å²) in [5.74, 6) is 0.587. The Kier molecular flexibility index (Phi) is 6.25. The third kappa shape index (κ3) is 4.30. The highest BCUT2D eigenvalue weighted by atomic mass is 32.2. The molecule has 140 valence electrons. The van der Waals surface area contributed by atoms with E-state index in [2.05, 4.69) is 21.4 Å². The van der Waals surface area contributed by atoms with Crippen LogP contribution in [0.15, 0.2) is 59.6 Å². The van der Waals surface area contributed by atoms with Crippen molar-refractivity contribution in [3.63, 3.8) is 0 Å². The predicted octanol–water partition coefficient (Wildman–Crippen LogP) is 4.66. The molecule has 6 nitrogen and oxygen atoms in total. The van der Waals surface area contributed by atoms with Crippen molar-refractivity contribution in [2.75, 3.05) is 18.2 Å². The zero-order valence-electron chi connectivity index (χ0n) is 15.5. The van der Waals surface area contributed by atoms with Crippen LogP contribution in [-0.4, -0.2) is 28.8 Å². The summed E-state index contributed by atoms with van der Waals surface area (Å²) < 4.78 is 4.99. The molecule has 0 spiro atoms. The molecule has 0 aliphatic heterocycles. The lowest BCUT2D eigenvalue weighted by molar-refractivity contribution is 0.0526. The van der Waals surface area contributed by atoms with Gasteiger partial charge in [-0.2, -0.15) is 5.26 Å². The Bertz CT molecular complexity index is 1020. The number of ether oxygens (including phenoxy) is 1. The van der Waals surface area contributed by atoms with Crippen LogP contribution >= 0.6 is 11.8 Å². The van der Waals surface area contributed by atoms with Crippen molar-refractivity contribution >= 4 is 29.2 Å². The van der Waals surface area contributed by atoms with Gasteiger partial charge in [-0.25, -0.2) is 14.8 Å². The molecule has 0 saturated heterocycles. The highest BCUT2D eigenvalue weighted by Gasteiger charge is 2.15. The first-order valence-corrected chi connectivity index (χ1v) is 9.84. The molecular weight excluding hydrogens is 372 g/mol. The maximum atomic E-state index is 11.8. The summed E-state index contributed by atoms with van der Waals surface area (Å²) in [6, 6.07) is 18.6. The van der Waals surface area contributed by atoms with Crippen LogP contribution in [0.5, 0.6) is 0 Å². The molecule has 3 rings (SSSR count). The summed E-state index contributed by atoms with van der Waals surface area (Å²) in [6.07, 6.45) is 1.87. The van der Waals surface area contributed by atoms with Gasteiger partial charge in [-0.15, -0.1) is 11.8 Å². The number of nitrogens with one attached hydrogen (secondary N) is 1. The number of nitrogens with zero attached hydrogens (tertiary/aromatic N) is 3. The van der Waals surface area contributed by atoms with E-state index in [0.717, 1.165) is 5.56 Å². The Balaban J connectivity index is 1.96. The van der Waals surface area contributed by atoms with Crippen LogP contribution in [0.2, 0.25) is 0 Å². The number of nitriles is 1. The van der Waals surface area contributed by atoms with Gasteiger partial charge in [-0.05, 0) is 37.4 Å². The molecule has 7 heteroatoms. The molecule has 0 bridgehead atoms. The molecule has 1 aromatic heterocycles. The average Bonchev–Trinajstić information content (AvgIpc) is 2.74. The third-order valence-corrected chi connectivity index (χ3v) is 4.55. The van der Waals surface area contributed by atoms with Gasteiger partial charge in [0.05, 0.1) is 12.2 Å². The van der Waals surface area contributed by atoms with Crippen LogP contribution in [0.4, 0.5) is 11.5 Å². The lowest BCUT2D eigenvalue weighted by Gasteiger charge is -2.12. The lowest BCUT2D eigenvalue weighted by atomic mass is 10.2. The minimum absolute atomic E-state index is 0.324. The summed E-state index contributed by atoms with van der Waals surface area (Å²) in [4.78, 5) is 20.9. The lowest BCUT2D eigenvalue weighted by Crippen LogP contribution is -2.05. The fourth-order valence-corrected chi connectivity index (χ4v) is 3.06. The minimum atomic E-state index is -0.371. The molecule has 0 amide bonds. The highest BCUT2D eigenvalue weighted by molar-refractivity contribution is 7.98. The number of rotatable bonds is 6. The molecule has 0 fully saturated rings. The van der Waals surface area contributed by atoms with E-state index in [4.69, 9.17) is 4.74 Å². The van der Waals surface area contributed by atoms with Gasteiger partial charge in [0.25, 0.3) is 0 Å². The van der Waals surface area contributed by atoms with Crippen molar-refractivity contribution in [3.8, 4) is 17.5 Å². The van der Waals surface area contributed by atoms with E-state index in [9.17, 15) is 10.1 Å². The molecule has 0 aliphatic carbocycles. The largest absolute Gasteiger partial charge is 0.462 e. The molecule has 0 unspecified atom stereocenters. The van der Waals surface area contributed by atoms with Gasteiger partial charge in [0.1, 0.15) is 16.7 Å². The quantitative estimate of drug-likeness (QED) is 0.372. The van der Waals surface area contributed by atoms with Gasteiger partial charge in [0, 0.05) is 11.3 Å². The summed E-state index contributed by atoms with van der Waals surface area (Å²) in [5.41, 5.74) is 2.41. The van der Waals surface area contributed by atoms with Crippen LogP contribution in [-0.2, 0) is 4.74 Å². The van der Waals surface area contributed by atoms with Crippen LogP contribution in [0.1, 0.15) is 22.8 Å². The number of aromatic nitrogens is 2. The van der Waals surface area contributed by atoms with Crippen molar-refractivity contribution in [3.05, 3.63) is 65.7 Å². The highest BCUT2D eigenvalue weighted by Crippen LogP contribution is 2.29. The smallest absolute Gasteiger partial charge is 0.338 e. The fourth-order valence-electron chi connectivity index (χ4n) is 2.54. The van der Waals surface area contributed by atoms with E-state index in [1.54, 1.807) is 31.2 Å². The van der Waals surface area contributed by atoms with Crippen LogP contribution in [0.25, 0.3) is 11.4 Å². The van der Waals surface area contributed by atoms with Crippen molar-refractivity contribution in [2.24, 2.45) is 0 Å². The second kappa shape index (κ2) is 9.02. The normalized spacial score (nSPS) is 10.2. The first kappa shape index (κ1) is 19.4. The zero-order valence-corrected chi connectivity index (χ0v) is 16.3. The van der Waals surface area contributed by atoms with Gasteiger partial charge in [0.2, 0.25) is 0 Å². The van der Waals surface area contributed by atoms with Gasteiger partial charge in [-0.3, -0.25) is 0 Å². The maximum absolute atomic E-state index is 11.8. The third-order valence-electron chi connectivity index (χ3n) is 3.87. The van der Waals surface area contributed by atoms with Gasteiger partial charge in [-0.1, -0.05) is 30.3 Å². The summed E-state index contributed by atoms with van der Waals surface area (Å²) in [5, 5.41) is 13.4. The number of anilines is 2. The number of hydrogen-bond acceptors (Lipinski definition) is 7. The SMILES string of the molecule is CCOC(=O)c1ccc(Nc2nc(-c3ccccc3)nc(SC)c2C#N)cc1. The number of hydrogen-bond donors (Lipinski definition) is 1. The molecule has 0 atom stereocenters. The molecule has 0 aliphatic rings. The molecule has 3 aromatic rings. The van der Waals surface area contributed by atoms with Gasteiger partial charge >= 0.3 is 5.97 Å². The first-order valence-electron chi connectivity index (χ1n) is 8.62. The number of carbonyl (C=O) groups is 1. The molecule has 1 N–H and O–H groups in total. The second-order valence-electron chi connectivity index (χ2n) is 5.68. The zero-order chi connectivity index (χ0) is 19.9. The van der Waals surface area contributed by atoms with Crippen molar-refractivity contribution < 1.29 is 9.53 Å². The number of thioether (sulfide) groups is 1. The molecule has 28 heavy (non-hydrogen) atoms. The first-order chi connectivity index (χ1) is 13.7.